The summed E-state index contributed by atoms with van der Waals surface area (Å²) in [6.07, 6.45) is -8.79. The largest absolute Gasteiger partial charge is 0.416 e. The number of hydrogen-bond acceptors (Lipinski definition) is 4. The highest BCUT2D eigenvalue weighted by atomic mass is 19.4. The number of nitrogens with zero attached hydrogens (tertiary/aromatic N) is 2. The third-order valence-electron chi connectivity index (χ3n) is 6.87. The van der Waals surface area contributed by atoms with Crippen LogP contribution < -0.4 is 22.2 Å². The summed E-state index contributed by atoms with van der Waals surface area (Å²) in [5.74, 6) is 0. The molecule has 0 saturated heterocycles. The molecule has 3 aromatic carbocycles. The monoisotopic (exact) mass is 560 g/mol. The minimum Gasteiger partial charge on any atom is -0.274 e. The molecule has 0 bridgehead atoms. The van der Waals surface area contributed by atoms with Crippen LogP contribution in [0, 0.1) is 0 Å². The van der Waals surface area contributed by atoms with Crippen molar-refractivity contribution < 1.29 is 26.3 Å². The van der Waals surface area contributed by atoms with E-state index in [0.29, 0.717) is 11.1 Å². The Morgan fingerprint density at radius 2 is 0.750 bits per heavy atom. The van der Waals surface area contributed by atoms with Crippen LogP contribution in [0.25, 0.3) is 21.5 Å². The number of rotatable bonds is 6. The van der Waals surface area contributed by atoms with Crippen LogP contribution in [0.1, 0.15) is 22.3 Å². The molecule has 0 unspecified atom stereocenters. The number of fused-ring (bicyclic) bond motifs is 2. The molecule has 0 atom stereocenters. The molecule has 12 heteroatoms. The van der Waals surface area contributed by atoms with Crippen LogP contribution in [0.5, 0.6) is 0 Å². The van der Waals surface area contributed by atoms with Crippen LogP contribution >= 0.6 is 0 Å². The summed E-state index contributed by atoms with van der Waals surface area (Å²) in [6, 6.07) is 11.0. The number of hydrogen-bond donors (Lipinski definition) is 0. The summed E-state index contributed by atoms with van der Waals surface area (Å²) in [4.78, 5) is 51.8. The molecule has 0 radical (unpaired) electrons. The normalized spacial score (nSPS) is 12.6. The fourth-order valence-electron chi connectivity index (χ4n) is 4.68. The van der Waals surface area contributed by atoms with E-state index in [0.717, 1.165) is 33.4 Å². The zero-order valence-corrected chi connectivity index (χ0v) is 20.4. The van der Waals surface area contributed by atoms with E-state index in [1.54, 1.807) is 0 Å². The lowest BCUT2D eigenvalue weighted by molar-refractivity contribution is -0.138. The Balaban J connectivity index is 1.41. The van der Waals surface area contributed by atoms with Crippen molar-refractivity contribution in [3.8, 4) is 0 Å². The van der Waals surface area contributed by atoms with Gasteiger partial charge >= 0.3 is 12.4 Å². The van der Waals surface area contributed by atoms with E-state index in [2.05, 4.69) is 0 Å². The van der Waals surface area contributed by atoms with E-state index in [-0.39, 0.29) is 47.5 Å². The topological polar surface area (TPSA) is 78.1 Å². The van der Waals surface area contributed by atoms with Crippen LogP contribution in [0.15, 0.2) is 79.8 Å². The Morgan fingerprint density at radius 1 is 0.475 bits per heavy atom. The minimum absolute atomic E-state index is 0.0677. The maximum absolute atomic E-state index is 13.0. The predicted octanol–water partition coefficient (Wildman–Crippen LogP) is 4.44. The first-order valence-electron chi connectivity index (χ1n) is 12.0. The smallest absolute Gasteiger partial charge is 0.274 e. The fraction of sp³-hybridized carbons (Fsp3) is 0.214. The highest BCUT2D eigenvalue weighted by Crippen LogP contribution is 2.30. The van der Waals surface area contributed by atoms with Crippen LogP contribution in [0.3, 0.4) is 0 Å². The third kappa shape index (κ3) is 4.85. The van der Waals surface area contributed by atoms with Gasteiger partial charge in [0, 0.05) is 13.1 Å². The Morgan fingerprint density at radius 3 is 1.00 bits per heavy atom. The Kier molecular flexibility index (Phi) is 6.51. The summed E-state index contributed by atoms with van der Waals surface area (Å²) in [7, 11) is 0. The summed E-state index contributed by atoms with van der Waals surface area (Å²) < 4.78 is 78.4. The van der Waals surface area contributed by atoms with Gasteiger partial charge in [0.25, 0.3) is 22.2 Å². The highest BCUT2D eigenvalue weighted by molar-refractivity contribution is 5.97. The van der Waals surface area contributed by atoms with Crippen molar-refractivity contribution in [1.29, 1.82) is 0 Å². The molecule has 5 rings (SSSR count). The lowest BCUT2D eigenvalue weighted by Crippen LogP contribution is -2.27. The van der Waals surface area contributed by atoms with Crippen LogP contribution in [-0.2, 0) is 38.3 Å². The van der Waals surface area contributed by atoms with Gasteiger partial charge in [-0.25, -0.2) is 0 Å². The highest BCUT2D eigenvalue weighted by Gasteiger charge is 2.30. The Bertz CT molecular complexity index is 1720. The van der Waals surface area contributed by atoms with Crippen molar-refractivity contribution in [1.82, 2.24) is 9.13 Å². The van der Waals surface area contributed by atoms with Crippen LogP contribution in [0.2, 0.25) is 0 Å². The molecule has 0 aliphatic rings. The lowest BCUT2D eigenvalue weighted by atomic mass is 10.1. The van der Waals surface area contributed by atoms with Gasteiger partial charge in [0.1, 0.15) is 0 Å². The number of halogens is 6. The van der Waals surface area contributed by atoms with Gasteiger partial charge in [0.2, 0.25) is 0 Å². The molecule has 0 aliphatic heterocycles. The van der Waals surface area contributed by atoms with Crippen molar-refractivity contribution in [2.45, 2.75) is 38.3 Å². The van der Waals surface area contributed by atoms with Gasteiger partial charge in [-0.2, -0.15) is 26.3 Å². The maximum Gasteiger partial charge on any atom is 0.416 e. The van der Waals surface area contributed by atoms with Crippen LogP contribution in [-0.4, -0.2) is 9.13 Å². The zero-order valence-electron chi connectivity index (χ0n) is 20.4. The molecule has 2 aromatic heterocycles. The molecule has 5 aromatic rings. The second kappa shape index (κ2) is 9.61. The first-order valence-corrected chi connectivity index (χ1v) is 12.0. The predicted molar refractivity (Wildman–Crippen MR) is 135 cm³/mol. The van der Waals surface area contributed by atoms with E-state index in [4.69, 9.17) is 0 Å². The van der Waals surface area contributed by atoms with Gasteiger partial charge in [0.05, 0.1) is 32.7 Å². The average molecular weight is 560 g/mol. The number of aromatic nitrogens is 2. The van der Waals surface area contributed by atoms with E-state index < -0.39 is 45.7 Å². The molecule has 0 spiro atoms. The van der Waals surface area contributed by atoms with Crippen LogP contribution in [0.4, 0.5) is 26.3 Å². The maximum atomic E-state index is 13.0. The Hall–Kier alpha value is -4.48. The van der Waals surface area contributed by atoms with Gasteiger partial charge in [-0.15, -0.1) is 0 Å². The molecule has 0 amide bonds. The van der Waals surface area contributed by atoms with Gasteiger partial charge in [-0.05, 0) is 60.4 Å². The molecule has 0 fully saturated rings. The SMILES string of the molecule is O=c1c2cc3c(=O)n(CCc4ccc(C(F)(F)F)cc4)c(=O)c3cc2c(=O)n1CCc1ccc(C(F)(F)F)cc1. The summed E-state index contributed by atoms with van der Waals surface area (Å²) in [5.41, 5.74) is -3.49. The molecule has 0 saturated carbocycles. The standard InChI is InChI=1S/C28H18F6N2O4/c29-27(30,31)17-5-1-15(2-6-17)9-11-35-23(37)19-13-21-22(14-20(19)24(35)38)26(40)36(25(21)39)12-10-16-3-7-18(8-4-16)28(32,33)34/h1-8,13-14H,9-12H2. The molecule has 206 valence electrons. The summed E-state index contributed by atoms with van der Waals surface area (Å²) in [6.45, 7) is -0.243. The molecule has 0 N–H and O–H groups in total. The van der Waals surface area contributed by atoms with Gasteiger partial charge < -0.3 is 0 Å². The van der Waals surface area contributed by atoms with E-state index >= 15 is 0 Å². The van der Waals surface area contributed by atoms with E-state index in [1.165, 1.54) is 36.4 Å². The van der Waals surface area contributed by atoms with Gasteiger partial charge in [-0.1, -0.05) is 24.3 Å². The quantitative estimate of drug-likeness (QED) is 0.288. The van der Waals surface area contributed by atoms with E-state index in [1.807, 2.05) is 0 Å². The summed E-state index contributed by atoms with van der Waals surface area (Å²) in [5, 5.41) is -0.271. The van der Waals surface area contributed by atoms with Crippen molar-refractivity contribution in [3.63, 3.8) is 0 Å². The first kappa shape index (κ1) is 27.1. The number of benzene rings is 3. The molecular formula is C28H18F6N2O4. The fourth-order valence-corrected chi connectivity index (χ4v) is 4.68. The lowest BCUT2D eigenvalue weighted by Gasteiger charge is -2.07. The summed E-state index contributed by atoms with van der Waals surface area (Å²) >= 11 is 0. The third-order valence-corrected chi connectivity index (χ3v) is 6.87. The van der Waals surface area contributed by atoms with Gasteiger partial charge in [-0.3, -0.25) is 28.3 Å². The van der Waals surface area contributed by atoms with E-state index in [9.17, 15) is 45.5 Å². The van der Waals surface area contributed by atoms with Gasteiger partial charge in [0.15, 0.2) is 0 Å². The number of alkyl halides is 6. The number of aryl methyl sites for hydroxylation is 2. The van der Waals surface area contributed by atoms with Crippen molar-refractivity contribution in [2.24, 2.45) is 0 Å². The molecule has 6 nitrogen and oxygen atoms in total. The second-order valence-corrected chi connectivity index (χ2v) is 9.36. The molecule has 0 aliphatic carbocycles. The second-order valence-electron chi connectivity index (χ2n) is 9.36. The zero-order chi connectivity index (χ0) is 29.0. The average Bonchev–Trinajstić information content (AvgIpc) is 3.28. The Labute approximate surface area is 220 Å². The van der Waals surface area contributed by atoms with Crippen molar-refractivity contribution >= 4 is 21.5 Å². The van der Waals surface area contributed by atoms with Crippen molar-refractivity contribution in [3.05, 3.63) is 124 Å². The van der Waals surface area contributed by atoms with Crippen molar-refractivity contribution in [2.75, 3.05) is 0 Å². The molecular weight excluding hydrogens is 542 g/mol. The minimum atomic E-state index is -4.49. The first-order chi connectivity index (χ1) is 18.8. The molecule has 40 heavy (non-hydrogen) atoms. The molecule has 2 heterocycles.